The summed E-state index contributed by atoms with van der Waals surface area (Å²) in [5.41, 5.74) is 5.04. The van der Waals surface area contributed by atoms with Crippen molar-refractivity contribution < 1.29 is 29.0 Å². The molecule has 1 aromatic rings. The topological polar surface area (TPSA) is 151 Å². The third-order valence-corrected chi connectivity index (χ3v) is 5.80. The molecule has 208 valence electrons. The first-order chi connectivity index (χ1) is 17.3. The Morgan fingerprint density at radius 2 is 1.70 bits per heavy atom. The maximum Gasteiger partial charge on any atom is 0.408 e. The first-order valence-corrected chi connectivity index (χ1v) is 13.0. The van der Waals surface area contributed by atoms with E-state index in [1.807, 2.05) is 13.8 Å². The first-order valence-electron chi connectivity index (χ1n) is 13.0. The summed E-state index contributed by atoms with van der Waals surface area (Å²) >= 11 is 0. The fourth-order valence-corrected chi connectivity index (χ4v) is 3.75. The van der Waals surface area contributed by atoms with Gasteiger partial charge in [-0.15, -0.1) is 0 Å². The number of unbranched alkanes of at least 4 members (excludes halogenated alkanes) is 2. The van der Waals surface area contributed by atoms with Crippen LogP contribution in [0.4, 0.5) is 4.79 Å². The summed E-state index contributed by atoms with van der Waals surface area (Å²) in [5, 5.41) is 15.3. The smallest absolute Gasteiger partial charge is 0.408 e. The Bertz CT molecular complexity index is 897. The predicted molar refractivity (Wildman–Crippen MR) is 142 cm³/mol. The zero-order chi connectivity index (χ0) is 28.2. The van der Waals surface area contributed by atoms with Crippen LogP contribution in [0.15, 0.2) is 24.3 Å². The van der Waals surface area contributed by atoms with Gasteiger partial charge in [-0.05, 0) is 64.7 Å². The van der Waals surface area contributed by atoms with E-state index >= 15 is 0 Å². The van der Waals surface area contributed by atoms with Gasteiger partial charge < -0.3 is 31.1 Å². The van der Waals surface area contributed by atoms with E-state index in [0.29, 0.717) is 18.5 Å². The van der Waals surface area contributed by atoms with E-state index in [1.54, 1.807) is 32.9 Å². The molecule has 5 N–H and O–H groups in total. The molecule has 1 aromatic carbocycles. The maximum absolute atomic E-state index is 14.0. The number of primary amides is 1. The highest BCUT2D eigenvalue weighted by atomic mass is 16.6. The number of ether oxygens (including phenoxy) is 1. The maximum atomic E-state index is 14.0. The van der Waals surface area contributed by atoms with Crippen LogP contribution >= 0.6 is 0 Å². The van der Waals surface area contributed by atoms with Gasteiger partial charge in [0.2, 0.25) is 17.7 Å². The van der Waals surface area contributed by atoms with Crippen LogP contribution in [0.25, 0.3) is 0 Å². The molecule has 3 atom stereocenters. The van der Waals surface area contributed by atoms with E-state index in [2.05, 4.69) is 17.6 Å². The van der Waals surface area contributed by atoms with Gasteiger partial charge in [0, 0.05) is 19.0 Å². The van der Waals surface area contributed by atoms with Crippen LogP contribution in [0.3, 0.4) is 0 Å². The molecule has 0 spiro atoms. The molecular weight excluding hydrogens is 476 g/mol. The summed E-state index contributed by atoms with van der Waals surface area (Å²) in [5.74, 6) is -1.51. The fourth-order valence-electron chi connectivity index (χ4n) is 3.75. The molecule has 1 rings (SSSR count). The zero-order valence-electron chi connectivity index (χ0n) is 23.0. The minimum Gasteiger partial charge on any atom is -0.508 e. The van der Waals surface area contributed by atoms with Gasteiger partial charge in [-0.3, -0.25) is 14.4 Å². The summed E-state index contributed by atoms with van der Waals surface area (Å²) in [6, 6.07) is 3.52. The van der Waals surface area contributed by atoms with Crippen molar-refractivity contribution in [2.24, 2.45) is 5.73 Å². The Morgan fingerprint density at radius 1 is 1.08 bits per heavy atom. The zero-order valence-corrected chi connectivity index (χ0v) is 23.0. The molecule has 0 radical (unpaired) electrons. The van der Waals surface area contributed by atoms with Crippen LogP contribution < -0.4 is 16.4 Å². The van der Waals surface area contributed by atoms with Crippen molar-refractivity contribution in [1.82, 2.24) is 15.5 Å². The number of hydrogen-bond acceptors (Lipinski definition) is 6. The lowest BCUT2D eigenvalue weighted by atomic mass is 9.98. The van der Waals surface area contributed by atoms with Crippen LogP contribution in [0.5, 0.6) is 5.75 Å². The van der Waals surface area contributed by atoms with Gasteiger partial charge in [0.25, 0.3) is 0 Å². The number of alkyl carbamates (subject to hydrolysis) is 1. The van der Waals surface area contributed by atoms with Crippen LogP contribution in [0.1, 0.15) is 91.7 Å². The van der Waals surface area contributed by atoms with Crippen molar-refractivity contribution in [3.05, 3.63) is 29.8 Å². The largest absolute Gasteiger partial charge is 0.508 e. The van der Waals surface area contributed by atoms with Crippen LogP contribution in [-0.2, 0) is 19.1 Å². The average molecular weight is 521 g/mol. The Morgan fingerprint density at radius 3 is 2.22 bits per heavy atom. The number of rotatable bonds is 14. The quantitative estimate of drug-likeness (QED) is 0.276. The van der Waals surface area contributed by atoms with Gasteiger partial charge in [-0.2, -0.15) is 0 Å². The van der Waals surface area contributed by atoms with E-state index in [9.17, 15) is 24.3 Å². The highest BCUT2D eigenvalue weighted by Gasteiger charge is 2.38. The van der Waals surface area contributed by atoms with E-state index in [4.69, 9.17) is 10.5 Å². The SMILES string of the molecule is CCCCCNC(=O)C(c1ccc(O)cc1)N(C(=O)C(CCC(N)=O)NC(=O)OC(C)(C)C)C(C)CC. The Balaban J connectivity index is 3.45. The van der Waals surface area contributed by atoms with Crippen molar-refractivity contribution in [2.45, 2.75) is 104 Å². The number of nitrogens with one attached hydrogen (secondary N) is 2. The van der Waals surface area contributed by atoms with Crippen molar-refractivity contribution in [1.29, 1.82) is 0 Å². The van der Waals surface area contributed by atoms with Crippen LogP contribution in [0, 0.1) is 0 Å². The van der Waals surface area contributed by atoms with Crippen molar-refractivity contribution in [2.75, 3.05) is 6.54 Å². The molecule has 0 aliphatic carbocycles. The Kier molecular flexibility index (Phi) is 12.9. The minimum atomic E-state index is -1.15. The monoisotopic (exact) mass is 520 g/mol. The number of amides is 4. The molecule has 0 aliphatic heterocycles. The number of benzene rings is 1. The average Bonchev–Trinajstić information content (AvgIpc) is 2.81. The molecule has 4 amide bonds. The third kappa shape index (κ3) is 11.1. The second-order valence-electron chi connectivity index (χ2n) is 10.2. The van der Waals surface area contributed by atoms with Gasteiger partial charge in [-0.1, -0.05) is 38.8 Å². The number of aromatic hydroxyl groups is 1. The fraction of sp³-hybridized carbons (Fsp3) is 0.630. The summed E-state index contributed by atoms with van der Waals surface area (Å²) in [7, 11) is 0. The van der Waals surface area contributed by atoms with E-state index in [1.165, 1.54) is 17.0 Å². The normalized spacial score (nSPS) is 13.7. The molecular formula is C27H44N4O6. The molecule has 0 aliphatic rings. The van der Waals surface area contributed by atoms with E-state index in [0.717, 1.165) is 19.3 Å². The molecule has 0 saturated heterocycles. The standard InChI is InChI=1S/C27H44N4O6/c1-7-9-10-17-29-24(34)23(19-11-13-20(32)14-12-19)31(18(3)8-2)25(35)21(15-16-22(28)33)30-26(36)37-27(4,5)6/h11-14,18,21,23,32H,7-10,15-17H2,1-6H3,(H2,28,33)(H,29,34)(H,30,36). The lowest BCUT2D eigenvalue weighted by molar-refractivity contribution is -0.145. The number of nitrogens with two attached hydrogens (primary N) is 1. The molecule has 10 nitrogen and oxygen atoms in total. The third-order valence-electron chi connectivity index (χ3n) is 5.80. The lowest BCUT2D eigenvalue weighted by Gasteiger charge is -2.38. The second kappa shape index (κ2) is 15.1. The summed E-state index contributed by atoms with van der Waals surface area (Å²) in [6.07, 6.45) is 2.25. The molecule has 0 fully saturated rings. The summed E-state index contributed by atoms with van der Waals surface area (Å²) < 4.78 is 5.33. The molecule has 0 aromatic heterocycles. The Hall–Kier alpha value is -3.30. The number of phenolic OH excluding ortho intramolecular Hbond substituents is 1. The predicted octanol–water partition coefficient (Wildman–Crippen LogP) is 3.53. The molecule has 0 heterocycles. The van der Waals surface area contributed by atoms with Gasteiger partial charge >= 0.3 is 6.09 Å². The number of hydrogen-bond donors (Lipinski definition) is 4. The highest BCUT2D eigenvalue weighted by molar-refractivity contribution is 5.92. The van der Waals surface area contributed by atoms with Crippen LogP contribution in [-0.4, -0.2) is 58.1 Å². The van der Waals surface area contributed by atoms with Gasteiger partial charge in [-0.25, -0.2) is 4.79 Å². The molecule has 3 unspecified atom stereocenters. The number of nitrogens with zero attached hydrogens (tertiary/aromatic N) is 1. The lowest BCUT2D eigenvalue weighted by Crippen LogP contribution is -2.55. The van der Waals surface area contributed by atoms with Gasteiger partial charge in [0.1, 0.15) is 23.4 Å². The van der Waals surface area contributed by atoms with Gasteiger partial charge in [0.05, 0.1) is 0 Å². The highest BCUT2D eigenvalue weighted by Crippen LogP contribution is 2.28. The number of carbonyl (C=O) groups is 4. The van der Waals surface area contributed by atoms with E-state index in [-0.39, 0.29) is 24.5 Å². The summed E-state index contributed by atoms with van der Waals surface area (Å²) in [6.45, 7) is 11.3. The van der Waals surface area contributed by atoms with Crippen molar-refractivity contribution >= 4 is 23.8 Å². The summed E-state index contributed by atoms with van der Waals surface area (Å²) in [4.78, 5) is 53.0. The van der Waals surface area contributed by atoms with Crippen LogP contribution in [0.2, 0.25) is 0 Å². The Labute approximate surface area is 220 Å². The minimum absolute atomic E-state index is 0.0261. The molecule has 37 heavy (non-hydrogen) atoms. The first kappa shape index (κ1) is 31.7. The molecule has 0 saturated carbocycles. The number of phenols is 1. The van der Waals surface area contributed by atoms with Crippen molar-refractivity contribution in [3.8, 4) is 5.75 Å². The number of carbonyl (C=O) groups excluding carboxylic acids is 4. The molecule has 0 bridgehead atoms. The van der Waals surface area contributed by atoms with Gasteiger partial charge in [0.15, 0.2) is 0 Å². The molecule has 10 heteroatoms. The van der Waals surface area contributed by atoms with Crippen molar-refractivity contribution in [3.63, 3.8) is 0 Å². The van der Waals surface area contributed by atoms with E-state index < -0.39 is 41.6 Å². The second-order valence-corrected chi connectivity index (χ2v) is 10.2.